The highest BCUT2D eigenvalue weighted by Crippen LogP contribution is 2.47. The molecule has 0 N–H and O–H groups in total. The van der Waals surface area contributed by atoms with Crippen LogP contribution in [0.5, 0.6) is 5.75 Å². The maximum atomic E-state index is 14.9. The zero-order valence-electron chi connectivity index (χ0n) is 15.7. The molecule has 27 heavy (non-hydrogen) atoms. The van der Waals surface area contributed by atoms with Gasteiger partial charge in [-0.25, -0.2) is 4.39 Å². The van der Waals surface area contributed by atoms with Crippen molar-refractivity contribution in [1.29, 1.82) is 0 Å². The van der Waals surface area contributed by atoms with Crippen LogP contribution in [0.1, 0.15) is 26.7 Å². The molecule has 0 atom stereocenters. The molecule has 0 radical (unpaired) electrons. The van der Waals surface area contributed by atoms with Crippen molar-refractivity contribution >= 4 is 10.9 Å². The zero-order valence-corrected chi connectivity index (χ0v) is 16.5. The van der Waals surface area contributed by atoms with Crippen molar-refractivity contribution in [3.63, 3.8) is 0 Å². The Bertz CT molecular complexity index is 865. The lowest BCUT2D eigenvalue weighted by molar-refractivity contribution is 0.121. The largest absolute Gasteiger partial charge is 0.484 e. The number of hydrogen-bond donors (Lipinski definition) is 0. The predicted octanol–water partition coefficient (Wildman–Crippen LogP) is 6.49. The molecule has 0 bridgehead atoms. The van der Waals surface area contributed by atoms with Crippen molar-refractivity contribution in [2.24, 2.45) is 5.92 Å². The normalized spacial score (nSPS) is 15.1. The lowest BCUT2D eigenvalue weighted by Crippen LogP contribution is -2.25. The van der Waals surface area contributed by atoms with Crippen molar-refractivity contribution < 1.29 is 9.13 Å². The summed E-state index contributed by atoms with van der Waals surface area (Å²) in [5, 5.41) is 0. The quantitative estimate of drug-likeness (QED) is 0.445. The van der Waals surface area contributed by atoms with Crippen molar-refractivity contribution in [3.8, 4) is 5.75 Å². The molecule has 3 aromatic carbocycles. The summed E-state index contributed by atoms with van der Waals surface area (Å²) in [5.74, 6) is 0.484. The van der Waals surface area contributed by atoms with Gasteiger partial charge in [-0.3, -0.25) is 0 Å². The number of benzene rings is 3. The molecule has 1 saturated carbocycles. The van der Waals surface area contributed by atoms with Crippen molar-refractivity contribution in [2.75, 3.05) is 0 Å². The summed E-state index contributed by atoms with van der Waals surface area (Å²) in [5.41, 5.74) is -0.178. The summed E-state index contributed by atoms with van der Waals surface area (Å²) in [6.07, 6.45) is 2.01. The van der Waals surface area contributed by atoms with Crippen LogP contribution >= 0.6 is 0 Å². The summed E-state index contributed by atoms with van der Waals surface area (Å²) < 4.78 is 21.0. The van der Waals surface area contributed by atoms with E-state index < -0.39 is 0 Å². The van der Waals surface area contributed by atoms with E-state index in [9.17, 15) is 4.39 Å². The van der Waals surface area contributed by atoms with Crippen LogP contribution in [0.3, 0.4) is 0 Å². The Morgan fingerprint density at radius 2 is 1.37 bits per heavy atom. The molecule has 4 rings (SSSR count). The summed E-state index contributed by atoms with van der Waals surface area (Å²) in [4.78, 5) is 3.32. The van der Waals surface area contributed by atoms with Gasteiger partial charge in [0.1, 0.15) is 5.60 Å². The van der Waals surface area contributed by atoms with Gasteiger partial charge in [-0.2, -0.15) is 0 Å². The van der Waals surface area contributed by atoms with Crippen molar-refractivity contribution in [3.05, 3.63) is 84.7 Å². The van der Waals surface area contributed by atoms with Gasteiger partial charge in [-0.1, -0.05) is 50.2 Å². The molecule has 0 spiro atoms. The number of ether oxygens (including phenoxy) is 1. The van der Waals surface area contributed by atoms with Crippen molar-refractivity contribution in [2.45, 2.75) is 47.0 Å². The molecule has 1 aliphatic carbocycles. The molecule has 0 heterocycles. The fraction of sp³-hybridized carbons (Fsp3) is 0.250. The Morgan fingerprint density at radius 1 is 0.815 bits per heavy atom. The van der Waals surface area contributed by atoms with Crippen LogP contribution in [0.4, 0.5) is 4.39 Å². The third kappa shape index (κ3) is 3.74. The number of hydrogen-bond acceptors (Lipinski definition) is 1. The minimum absolute atomic E-state index is 0.178. The van der Waals surface area contributed by atoms with Gasteiger partial charge in [0, 0.05) is 6.07 Å². The first-order valence-electron chi connectivity index (χ1n) is 9.42. The van der Waals surface area contributed by atoms with Gasteiger partial charge >= 0.3 is 0 Å². The lowest BCUT2D eigenvalue weighted by atomic mass is 10.1. The maximum absolute atomic E-state index is 14.9. The van der Waals surface area contributed by atoms with E-state index in [1.807, 2.05) is 42.5 Å². The van der Waals surface area contributed by atoms with Crippen LogP contribution in [0.15, 0.2) is 93.5 Å². The molecular formula is C24H24FOS+. The van der Waals surface area contributed by atoms with Crippen LogP contribution in [0, 0.1) is 11.7 Å². The summed E-state index contributed by atoms with van der Waals surface area (Å²) in [6, 6.07) is 26.0. The van der Waals surface area contributed by atoms with Gasteiger partial charge in [0.25, 0.3) is 0 Å². The molecule has 1 nitrogen and oxygen atoms in total. The average Bonchev–Trinajstić information content (AvgIpc) is 3.47. The van der Waals surface area contributed by atoms with Gasteiger partial charge in [0.05, 0.1) is 10.9 Å². The minimum Gasteiger partial charge on any atom is -0.484 e. The zero-order chi connectivity index (χ0) is 18.9. The van der Waals surface area contributed by atoms with Gasteiger partial charge in [0.2, 0.25) is 0 Å². The Hall–Kier alpha value is -2.26. The summed E-state index contributed by atoms with van der Waals surface area (Å²) >= 11 is 0. The Balaban J connectivity index is 1.70. The molecule has 0 aliphatic heterocycles. The summed E-state index contributed by atoms with van der Waals surface area (Å²) in [7, 11) is -0.345. The molecule has 3 heteroatoms. The maximum Gasteiger partial charge on any atom is 0.170 e. The van der Waals surface area contributed by atoms with Gasteiger partial charge in [0.15, 0.2) is 26.3 Å². The second-order valence-electron chi connectivity index (χ2n) is 7.35. The monoisotopic (exact) mass is 379 g/mol. The van der Waals surface area contributed by atoms with E-state index in [2.05, 4.69) is 38.1 Å². The summed E-state index contributed by atoms with van der Waals surface area (Å²) in [6.45, 7) is 4.28. The molecular weight excluding hydrogens is 355 g/mol. The van der Waals surface area contributed by atoms with Crippen LogP contribution in [-0.2, 0) is 10.9 Å². The number of halogens is 1. The molecule has 3 aromatic rings. The topological polar surface area (TPSA) is 9.23 Å². The average molecular weight is 380 g/mol. The third-order valence-corrected chi connectivity index (χ3v) is 7.42. The van der Waals surface area contributed by atoms with E-state index in [-0.39, 0.29) is 22.3 Å². The fourth-order valence-electron chi connectivity index (χ4n) is 3.35. The van der Waals surface area contributed by atoms with E-state index in [1.54, 1.807) is 12.1 Å². The first kappa shape index (κ1) is 18.1. The Morgan fingerprint density at radius 3 is 1.81 bits per heavy atom. The van der Waals surface area contributed by atoms with E-state index in [0.29, 0.717) is 11.7 Å². The first-order chi connectivity index (χ1) is 13.1. The minimum atomic E-state index is -0.345. The Kier molecular flexibility index (Phi) is 4.96. The standard InChI is InChI=1S/C24H24FOS/c1-18(2)24(15-16-24)26-23-14-13-21(17-22(23)25)27(19-9-5-3-6-10-19)20-11-7-4-8-12-20/h3-14,17-18H,15-16H2,1-2H3/q+1. The van der Waals surface area contributed by atoms with E-state index in [0.717, 1.165) is 17.7 Å². The van der Waals surface area contributed by atoms with E-state index >= 15 is 0 Å². The second-order valence-corrected chi connectivity index (χ2v) is 9.37. The first-order valence-corrected chi connectivity index (χ1v) is 10.6. The lowest BCUT2D eigenvalue weighted by Gasteiger charge is -2.22. The number of rotatable bonds is 6. The molecule has 0 aromatic heterocycles. The molecule has 1 aliphatic rings. The predicted molar refractivity (Wildman–Crippen MR) is 109 cm³/mol. The molecule has 138 valence electrons. The SMILES string of the molecule is CC(C)C1(Oc2ccc([S+](c3ccccc3)c3ccccc3)cc2F)CC1. The van der Waals surface area contributed by atoms with Gasteiger partial charge in [-0.15, -0.1) is 0 Å². The van der Waals surface area contributed by atoms with Gasteiger partial charge in [-0.05, 0) is 55.2 Å². The molecule has 0 unspecified atom stereocenters. The second kappa shape index (κ2) is 7.40. The molecule has 1 fully saturated rings. The Labute approximate surface area is 163 Å². The van der Waals surface area contributed by atoms with Gasteiger partial charge < -0.3 is 4.74 Å². The highest BCUT2D eigenvalue weighted by Gasteiger charge is 2.48. The van der Waals surface area contributed by atoms with Crippen LogP contribution in [0.2, 0.25) is 0 Å². The van der Waals surface area contributed by atoms with Crippen LogP contribution in [0.25, 0.3) is 0 Å². The third-order valence-electron chi connectivity index (χ3n) is 5.21. The smallest absolute Gasteiger partial charge is 0.170 e. The van der Waals surface area contributed by atoms with Crippen LogP contribution in [-0.4, -0.2) is 5.60 Å². The molecule has 0 amide bonds. The highest BCUT2D eigenvalue weighted by atomic mass is 32.2. The molecule has 0 saturated heterocycles. The van der Waals surface area contributed by atoms with E-state index in [4.69, 9.17) is 4.74 Å². The van der Waals surface area contributed by atoms with Crippen LogP contribution < -0.4 is 4.74 Å². The van der Waals surface area contributed by atoms with Crippen molar-refractivity contribution in [1.82, 2.24) is 0 Å². The fourth-order valence-corrected chi connectivity index (χ4v) is 5.45. The van der Waals surface area contributed by atoms with E-state index in [1.165, 1.54) is 9.79 Å². The highest BCUT2D eigenvalue weighted by molar-refractivity contribution is 7.97.